The second-order valence-corrected chi connectivity index (χ2v) is 8.99. The van der Waals surface area contributed by atoms with Gasteiger partial charge in [-0.2, -0.15) is 0 Å². The SMILES string of the molecule is CC(C)N(CCCCC#Cc1ccc(C(=O)N(Cc2ncc[nH]2)Cc2ncc[nH]2)cc1)C(C)C. The zero-order valence-corrected chi connectivity index (χ0v) is 20.7. The molecule has 0 bridgehead atoms. The number of carbonyl (C=O) groups is 1. The van der Waals surface area contributed by atoms with E-state index in [1.807, 2.05) is 24.3 Å². The van der Waals surface area contributed by atoms with Crippen LogP contribution in [0.4, 0.5) is 0 Å². The van der Waals surface area contributed by atoms with Crippen LogP contribution in [0.1, 0.15) is 74.5 Å². The minimum atomic E-state index is -0.0767. The van der Waals surface area contributed by atoms with Crippen LogP contribution in [0.3, 0.4) is 0 Å². The van der Waals surface area contributed by atoms with E-state index in [4.69, 9.17) is 0 Å². The van der Waals surface area contributed by atoms with Gasteiger partial charge in [0.1, 0.15) is 11.6 Å². The minimum absolute atomic E-state index is 0.0767. The number of imidazole rings is 2. The minimum Gasteiger partial charge on any atom is -0.347 e. The van der Waals surface area contributed by atoms with Crippen molar-refractivity contribution in [1.82, 2.24) is 29.7 Å². The molecule has 3 aromatic rings. The van der Waals surface area contributed by atoms with Gasteiger partial charge in [-0.05, 0) is 71.3 Å². The Morgan fingerprint density at radius 3 is 2.00 bits per heavy atom. The number of carbonyl (C=O) groups excluding carboxylic acids is 1. The number of aromatic amines is 2. The normalized spacial score (nSPS) is 11.1. The molecule has 0 aliphatic rings. The molecule has 0 saturated heterocycles. The fourth-order valence-corrected chi connectivity index (χ4v) is 3.99. The zero-order valence-electron chi connectivity index (χ0n) is 20.7. The van der Waals surface area contributed by atoms with Gasteiger partial charge >= 0.3 is 0 Å². The summed E-state index contributed by atoms with van der Waals surface area (Å²) in [4.78, 5) is 32.1. The third kappa shape index (κ3) is 7.60. The third-order valence-corrected chi connectivity index (χ3v) is 5.74. The van der Waals surface area contributed by atoms with E-state index in [1.165, 1.54) is 0 Å². The molecule has 1 aromatic carbocycles. The molecule has 0 aliphatic carbocycles. The van der Waals surface area contributed by atoms with E-state index in [-0.39, 0.29) is 5.91 Å². The first-order valence-corrected chi connectivity index (χ1v) is 12.0. The summed E-state index contributed by atoms with van der Waals surface area (Å²) in [5, 5.41) is 0. The summed E-state index contributed by atoms with van der Waals surface area (Å²) in [6.45, 7) is 10.9. The van der Waals surface area contributed by atoms with Gasteiger partial charge in [0.25, 0.3) is 5.91 Å². The topological polar surface area (TPSA) is 80.9 Å². The molecule has 0 unspecified atom stereocenters. The third-order valence-electron chi connectivity index (χ3n) is 5.74. The zero-order chi connectivity index (χ0) is 24.3. The largest absolute Gasteiger partial charge is 0.347 e. The van der Waals surface area contributed by atoms with Gasteiger partial charge in [-0.15, -0.1) is 0 Å². The molecule has 2 N–H and O–H groups in total. The number of hydrogen-bond donors (Lipinski definition) is 2. The lowest BCUT2D eigenvalue weighted by Gasteiger charge is -2.30. The molecule has 0 radical (unpaired) electrons. The highest BCUT2D eigenvalue weighted by atomic mass is 16.2. The molecule has 0 fully saturated rings. The van der Waals surface area contributed by atoms with Crippen LogP contribution in [-0.2, 0) is 13.1 Å². The Bertz CT molecular complexity index is 999. The lowest BCUT2D eigenvalue weighted by molar-refractivity contribution is 0.0721. The number of rotatable bonds is 11. The molecule has 2 heterocycles. The molecule has 0 saturated carbocycles. The quantitative estimate of drug-likeness (QED) is 0.323. The molecule has 2 aromatic heterocycles. The van der Waals surface area contributed by atoms with Gasteiger partial charge in [0.2, 0.25) is 0 Å². The maximum atomic E-state index is 13.2. The maximum Gasteiger partial charge on any atom is 0.254 e. The number of benzene rings is 1. The van der Waals surface area contributed by atoms with E-state index in [9.17, 15) is 4.79 Å². The number of nitrogens with one attached hydrogen (secondary N) is 2. The van der Waals surface area contributed by atoms with Crippen molar-refractivity contribution in [3.63, 3.8) is 0 Å². The van der Waals surface area contributed by atoms with Crippen molar-refractivity contribution in [2.75, 3.05) is 6.54 Å². The number of unbranched alkanes of at least 4 members (excludes halogenated alkanes) is 2. The fraction of sp³-hybridized carbons (Fsp3) is 0.444. The van der Waals surface area contributed by atoms with Crippen LogP contribution in [0.5, 0.6) is 0 Å². The summed E-state index contributed by atoms with van der Waals surface area (Å²) < 4.78 is 0. The lowest BCUT2D eigenvalue weighted by Crippen LogP contribution is -2.37. The fourth-order valence-electron chi connectivity index (χ4n) is 3.99. The summed E-state index contributed by atoms with van der Waals surface area (Å²) in [6, 6.07) is 8.65. The molecule has 7 nitrogen and oxygen atoms in total. The molecule has 0 atom stereocenters. The number of H-pyrrole nitrogens is 2. The summed E-state index contributed by atoms with van der Waals surface area (Å²) in [5.41, 5.74) is 1.54. The van der Waals surface area contributed by atoms with Gasteiger partial charge < -0.3 is 14.9 Å². The number of hydrogen-bond acceptors (Lipinski definition) is 4. The highest BCUT2D eigenvalue weighted by molar-refractivity contribution is 5.94. The average molecular weight is 461 g/mol. The molecule has 34 heavy (non-hydrogen) atoms. The summed E-state index contributed by atoms with van der Waals surface area (Å²) >= 11 is 0. The van der Waals surface area contributed by atoms with Crippen LogP contribution in [0.15, 0.2) is 49.1 Å². The number of amides is 1. The van der Waals surface area contributed by atoms with E-state index in [0.29, 0.717) is 30.7 Å². The predicted molar refractivity (Wildman–Crippen MR) is 135 cm³/mol. The van der Waals surface area contributed by atoms with Crippen molar-refractivity contribution in [3.8, 4) is 11.8 Å². The average Bonchev–Trinajstić information content (AvgIpc) is 3.52. The van der Waals surface area contributed by atoms with Crippen LogP contribution < -0.4 is 0 Å². The highest BCUT2D eigenvalue weighted by Gasteiger charge is 2.18. The smallest absolute Gasteiger partial charge is 0.254 e. The molecule has 3 rings (SSSR count). The van der Waals surface area contributed by atoms with Gasteiger partial charge in [0, 0.05) is 54.4 Å². The first-order valence-electron chi connectivity index (χ1n) is 12.0. The van der Waals surface area contributed by atoms with Crippen LogP contribution in [0.25, 0.3) is 0 Å². The first-order chi connectivity index (χ1) is 16.4. The van der Waals surface area contributed by atoms with Gasteiger partial charge in [0.05, 0.1) is 13.1 Å². The lowest BCUT2D eigenvalue weighted by atomic mass is 10.1. The Kier molecular flexibility index (Phi) is 9.48. The first kappa shape index (κ1) is 25.3. The Morgan fingerprint density at radius 2 is 1.50 bits per heavy atom. The molecule has 0 aliphatic heterocycles. The molecule has 180 valence electrons. The molecule has 0 spiro atoms. The van der Waals surface area contributed by atoms with Gasteiger partial charge in [-0.25, -0.2) is 9.97 Å². The maximum absolute atomic E-state index is 13.2. The second kappa shape index (κ2) is 12.8. The monoisotopic (exact) mass is 460 g/mol. The Morgan fingerprint density at radius 1 is 0.912 bits per heavy atom. The molecular weight excluding hydrogens is 424 g/mol. The summed E-state index contributed by atoms with van der Waals surface area (Å²) in [5.74, 6) is 7.89. The van der Waals surface area contributed by atoms with Crippen molar-refractivity contribution < 1.29 is 4.79 Å². The van der Waals surface area contributed by atoms with Crippen LogP contribution >= 0.6 is 0 Å². The van der Waals surface area contributed by atoms with E-state index < -0.39 is 0 Å². The van der Waals surface area contributed by atoms with Crippen molar-refractivity contribution in [1.29, 1.82) is 0 Å². The molecular formula is C27H36N6O. The Hall–Kier alpha value is -3.37. The van der Waals surface area contributed by atoms with E-state index in [1.54, 1.807) is 29.7 Å². The van der Waals surface area contributed by atoms with E-state index in [2.05, 4.69) is 64.4 Å². The van der Waals surface area contributed by atoms with Crippen LogP contribution in [-0.4, -0.2) is 54.3 Å². The standard InChI is InChI=1S/C27H36N6O/c1-21(2)33(22(3)4)18-8-6-5-7-9-23-10-12-24(13-11-23)27(34)32(19-25-28-14-15-29-25)20-26-30-16-17-31-26/h10-17,21-22H,5-6,8,18-20H2,1-4H3,(H,28,29)(H,30,31). The Balaban J connectivity index is 1.54. The summed E-state index contributed by atoms with van der Waals surface area (Å²) in [7, 11) is 0. The van der Waals surface area contributed by atoms with Crippen LogP contribution in [0.2, 0.25) is 0 Å². The predicted octanol–water partition coefficient (Wildman–Crippen LogP) is 4.62. The van der Waals surface area contributed by atoms with Gasteiger partial charge in [0.15, 0.2) is 0 Å². The van der Waals surface area contributed by atoms with Crippen molar-refractivity contribution in [2.45, 2.75) is 72.1 Å². The number of nitrogens with zero attached hydrogens (tertiary/aromatic N) is 4. The number of aromatic nitrogens is 4. The van der Waals surface area contributed by atoms with Gasteiger partial charge in [-0.3, -0.25) is 9.69 Å². The summed E-state index contributed by atoms with van der Waals surface area (Å²) in [6.07, 6.45) is 10.00. The van der Waals surface area contributed by atoms with Crippen LogP contribution in [0, 0.1) is 11.8 Å². The molecule has 7 heteroatoms. The van der Waals surface area contributed by atoms with Crippen molar-refractivity contribution in [3.05, 3.63) is 71.8 Å². The highest BCUT2D eigenvalue weighted by Crippen LogP contribution is 2.13. The van der Waals surface area contributed by atoms with Crippen molar-refractivity contribution in [2.24, 2.45) is 0 Å². The van der Waals surface area contributed by atoms with E-state index in [0.717, 1.165) is 43.0 Å². The second-order valence-electron chi connectivity index (χ2n) is 8.99. The molecule has 1 amide bonds. The van der Waals surface area contributed by atoms with Crippen molar-refractivity contribution >= 4 is 5.91 Å². The van der Waals surface area contributed by atoms with E-state index >= 15 is 0 Å². The Labute approximate surface area is 203 Å². The van der Waals surface area contributed by atoms with Gasteiger partial charge in [-0.1, -0.05) is 11.8 Å².